The third kappa shape index (κ3) is 3.86. The summed E-state index contributed by atoms with van der Waals surface area (Å²) in [5, 5.41) is 4.40. The van der Waals surface area contributed by atoms with Crippen LogP contribution in [0, 0.1) is 5.41 Å². The van der Waals surface area contributed by atoms with Crippen LogP contribution in [0.2, 0.25) is 0 Å². The molecule has 2 aliphatic heterocycles. The molecule has 1 spiro atoms. The lowest BCUT2D eigenvalue weighted by atomic mass is 9.68. The van der Waals surface area contributed by atoms with Crippen LogP contribution in [0.5, 0.6) is 0 Å². The Balaban J connectivity index is 1.45. The number of piperidine rings is 2. The summed E-state index contributed by atoms with van der Waals surface area (Å²) in [6.07, 6.45) is 5.31. The minimum absolute atomic E-state index is 0.0878. The van der Waals surface area contributed by atoms with E-state index < -0.39 is 0 Å². The first-order chi connectivity index (χ1) is 13.6. The maximum atomic E-state index is 12.8. The molecule has 2 fully saturated rings. The second-order valence-electron chi connectivity index (χ2n) is 8.49. The summed E-state index contributed by atoms with van der Waals surface area (Å²) in [6.45, 7) is 10.2. The number of likely N-dealkylation sites (tertiary alicyclic amines) is 2. The van der Waals surface area contributed by atoms with Gasteiger partial charge >= 0.3 is 0 Å². The van der Waals surface area contributed by atoms with Crippen molar-refractivity contribution in [1.29, 1.82) is 0 Å². The summed E-state index contributed by atoms with van der Waals surface area (Å²) < 4.78 is 1.82. The average Bonchev–Trinajstić information content (AvgIpc) is 3.23. The van der Waals surface area contributed by atoms with Gasteiger partial charge in [-0.25, -0.2) is 0 Å². The van der Waals surface area contributed by atoms with Gasteiger partial charge in [0.1, 0.15) is 5.69 Å². The van der Waals surface area contributed by atoms with Gasteiger partial charge < -0.3 is 9.80 Å². The van der Waals surface area contributed by atoms with E-state index in [1.165, 1.54) is 18.5 Å². The third-order valence-corrected chi connectivity index (χ3v) is 6.73. The minimum Gasteiger partial charge on any atom is -0.337 e. The number of hydrogen-bond acceptors (Lipinski definition) is 3. The van der Waals surface area contributed by atoms with Crippen LogP contribution in [0.3, 0.4) is 0 Å². The van der Waals surface area contributed by atoms with Crippen LogP contribution >= 0.6 is 0 Å². The van der Waals surface area contributed by atoms with Crippen LogP contribution in [0.1, 0.15) is 55.1 Å². The Morgan fingerprint density at radius 3 is 2.50 bits per heavy atom. The van der Waals surface area contributed by atoms with Gasteiger partial charge in [0.25, 0.3) is 5.91 Å². The predicted octanol–water partition coefficient (Wildman–Crippen LogP) is 3.63. The number of carbonyl (C=O) groups excluding carboxylic acids is 1. The molecule has 3 heterocycles. The molecule has 1 amide bonds. The smallest absolute Gasteiger partial charge is 0.274 e. The third-order valence-electron chi connectivity index (χ3n) is 6.73. The molecule has 0 bridgehead atoms. The second kappa shape index (κ2) is 8.08. The highest BCUT2D eigenvalue weighted by molar-refractivity contribution is 5.92. The van der Waals surface area contributed by atoms with E-state index in [1.807, 2.05) is 28.8 Å². The van der Waals surface area contributed by atoms with E-state index in [-0.39, 0.29) is 5.91 Å². The van der Waals surface area contributed by atoms with E-state index in [4.69, 9.17) is 0 Å². The molecule has 1 aromatic carbocycles. The standard InChI is InChI=1S/C23H32N4O/c1-3-25-17-20(19-8-6-5-7-9-19)16-23(18-25)11-14-26(15-12-23)22(28)21-10-13-27(4-2)24-21/h5-10,13,20H,3-4,11-12,14-18H2,1-2H3/t20-/m0/s1. The fourth-order valence-electron chi connectivity index (χ4n) is 5.05. The van der Waals surface area contributed by atoms with Crippen molar-refractivity contribution in [2.24, 2.45) is 5.41 Å². The molecule has 1 aromatic heterocycles. The van der Waals surface area contributed by atoms with E-state index in [0.29, 0.717) is 17.0 Å². The van der Waals surface area contributed by atoms with Gasteiger partial charge in [-0.15, -0.1) is 0 Å². The quantitative estimate of drug-likeness (QED) is 0.813. The summed E-state index contributed by atoms with van der Waals surface area (Å²) in [6, 6.07) is 12.8. The first-order valence-electron chi connectivity index (χ1n) is 10.7. The summed E-state index contributed by atoms with van der Waals surface area (Å²) >= 11 is 0. The molecule has 2 aromatic rings. The summed E-state index contributed by atoms with van der Waals surface area (Å²) in [7, 11) is 0. The van der Waals surface area contributed by atoms with Gasteiger partial charge in [0.2, 0.25) is 0 Å². The molecule has 0 N–H and O–H groups in total. The molecule has 28 heavy (non-hydrogen) atoms. The number of amides is 1. The molecule has 5 heteroatoms. The van der Waals surface area contributed by atoms with Gasteiger partial charge in [-0.05, 0) is 55.7 Å². The number of rotatable bonds is 4. The largest absolute Gasteiger partial charge is 0.337 e. The Morgan fingerprint density at radius 1 is 1.11 bits per heavy atom. The molecule has 0 radical (unpaired) electrons. The lowest BCUT2D eigenvalue weighted by Gasteiger charge is -2.50. The normalized spacial score (nSPS) is 22.5. The van der Waals surface area contributed by atoms with Gasteiger partial charge in [0.15, 0.2) is 0 Å². The molecule has 5 nitrogen and oxygen atoms in total. The van der Waals surface area contributed by atoms with Crippen molar-refractivity contribution in [2.45, 2.75) is 45.6 Å². The topological polar surface area (TPSA) is 41.4 Å². The maximum absolute atomic E-state index is 12.8. The Kier molecular flexibility index (Phi) is 5.54. The molecule has 0 aliphatic carbocycles. The predicted molar refractivity (Wildman–Crippen MR) is 111 cm³/mol. The number of aromatic nitrogens is 2. The Hall–Kier alpha value is -2.14. The van der Waals surface area contributed by atoms with Gasteiger partial charge in [-0.1, -0.05) is 37.3 Å². The second-order valence-corrected chi connectivity index (χ2v) is 8.49. The number of likely N-dealkylation sites (N-methyl/N-ethyl adjacent to an activating group) is 1. The maximum Gasteiger partial charge on any atom is 0.274 e. The molecular weight excluding hydrogens is 348 g/mol. The van der Waals surface area contributed by atoms with Gasteiger partial charge in [0.05, 0.1) is 0 Å². The zero-order chi connectivity index (χ0) is 19.6. The highest BCUT2D eigenvalue weighted by Crippen LogP contribution is 2.45. The summed E-state index contributed by atoms with van der Waals surface area (Å²) in [5.41, 5.74) is 2.37. The molecule has 2 aliphatic rings. The van der Waals surface area contributed by atoms with Gasteiger partial charge in [0, 0.05) is 38.9 Å². The Morgan fingerprint density at radius 2 is 1.86 bits per heavy atom. The van der Waals surface area contributed by atoms with E-state index in [0.717, 1.165) is 45.6 Å². The van der Waals surface area contributed by atoms with Crippen molar-refractivity contribution in [1.82, 2.24) is 19.6 Å². The van der Waals surface area contributed by atoms with Crippen molar-refractivity contribution in [3.8, 4) is 0 Å². The summed E-state index contributed by atoms with van der Waals surface area (Å²) in [5.74, 6) is 0.683. The van der Waals surface area contributed by atoms with Crippen LogP contribution in [-0.4, -0.2) is 58.2 Å². The zero-order valence-corrected chi connectivity index (χ0v) is 17.2. The SMILES string of the molecule is CCN1C[C@@H](c2ccccc2)CC2(CCN(C(=O)c3ccn(CC)n3)CC2)C1. The van der Waals surface area contributed by atoms with Crippen LogP contribution in [0.25, 0.3) is 0 Å². The lowest BCUT2D eigenvalue weighted by Crippen LogP contribution is -2.52. The van der Waals surface area contributed by atoms with Crippen molar-refractivity contribution in [3.05, 3.63) is 53.9 Å². The van der Waals surface area contributed by atoms with Crippen molar-refractivity contribution >= 4 is 5.91 Å². The minimum atomic E-state index is 0.0878. The van der Waals surface area contributed by atoms with Crippen LogP contribution in [0.15, 0.2) is 42.6 Å². The number of aryl methyl sites for hydroxylation is 1. The fourth-order valence-corrected chi connectivity index (χ4v) is 5.05. The van der Waals surface area contributed by atoms with E-state index in [2.05, 4.69) is 47.3 Å². The van der Waals surface area contributed by atoms with Crippen LogP contribution in [-0.2, 0) is 6.54 Å². The highest BCUT2D eigenvalue weighted by Gasteiger charge is 2.42. The monoisotopic (exact) mass is 380 g/mol. The fraction of sp³-hybridized carbons (Fsp3) is 0.565. The Bertz CT molecular complexity index is 792. The molecule has 150 valence electrons. The molecule has 2 saturated heterocycles. The van der Waals surface area contributed by atoms with E-state index in [9.17, 15) is 4.79 Å². The summed E-state index contributed by atoms with van der Waals surface area (Å²) in [4.78, 5) is 17.5. The lowest BCUT2D eigenvalue weighted by molar-refractivity contribution is 0.0156. The molecule has 4 rings (SSSR count). The number of nitrogens with zero attached hydrogens (tertiary/aromatic N) is 4. The van der Waals surface area contributed by atoms with Gasteiger partial charge in [-0.3, -0.25) is 9.48 Å². The molecule has 1 atom stereocenters. The van der Waals surface area contributed by atoms with Crippen molar-refractivity contribution < 1.29 is 4.79 Å². The van der Waals surface area contributed by atoms with Gasteiger partial charge in [-0.2, -0.15) is 5.10 Å². The number of benzene rings is 1. The molecule has 0 saturated carbocycles. The zero-order valence-electron chi connectivity index (χ0n) is 17.2. The van der Waals surface area contributed by atoms with E-state index >= 15 is 0 Å². The number of carbonyl (C=O) groups is 1. The average molecular weight is 381 g/mol. The van der Waals surface area contributed by atoms with Crippen LogP contribution < -0.4 is 0 Å². The van der Waals surface area contributed by atoms with Crippen molar-refractivity contribution in [2.75, 3.05) is 32.7 Å². The highest BCUT2D eigenvalue weighted by atomic mass is 16.2. The number of hydrogen-bond donors (Lipinski definition) is 0. The van der Waals surface area contributed by atoms with E-state index in [1.54, 1.807) is 0 Å². The first-order valence-corrected chi connectivity index (χ1v) is 10.7. The van der Waals surface area contributed by atoms with Crippen LogP contribution in [0.4, 0.5) is 0 Å². The molecule has 0 unspecified atom stereocenters. The van der Waals surface area contributed by atoms with Crippen molar-refractivity contribution in [3.63, 3.8) is 0 Å². The first kappa shape index (κ1) is 19.2. The molecular formula is C23H32N4O. The Labute approximate surface area is 168 Å².